The first-order chi connectivity index (χ1) is 12.7. The van der Waals surface area contributed by atoms with Crippen LogP contribution in [0.2, 0.25) is 5.02 Å². The molecule has 0 atom stereocenters. The van der Waals surface area contributed by atoms with Gasteiger partial charge in [-0.25, -0.2) is 12.8 Å². The van der Waals surface area contributed by atoms with E-state index in [1.165, 1.54) is 23.0 Å². The smallest absolute Gasteiger partial charge is 0.263 e. The maximum atomic E-state index is 13.0. The van der Waals surface area contributed by atoms with Crippen LogP contribution < -0.4 is 4.72 Å². The largest absolute Gasteiger partial charge is 0.265 e. The van der Waals surface area contributed by atoms with E-state index in [1.54, 1.807) is 36.4 Å². The highest BCUT2D eigenvalue weighted by Crippen LogP contribution is 2.24. The van der Waals surface area contributed by atoms with Crippen LogP contribution in [0.1, 0.15) is 30.9 Å². The number of rotatable bonds is 6. The van der Waals surface area contributed by atoms with Crippen LogP contribution in [0.3, 0.4) is 0 Å². The Labute approximate surface area is 162 Å². The molecule has 3 aromatic rings. The monoisotopic (exact) mass is 407 g/mol. The zero-order valence-corrected chi connectivity index (χ0v) is 16.4. The Balaban J connectivity index is 1.78. The van der Waals surface area contributed by atoms with Gasteiger partial charge in [-0.1, -0.05) is 49.7 Å². The lowest BCUT2D eigenvalue weighted by molar-refractivity contribution is 0.600. The van der Waals surface area contributed by atoms with Crippen molar-refractivity contribution < 1.29 is 12.8 Å². The second-order valence-corrected chi connectivity index (χ2v) is 8.57. The van der Waals surface area contributed by atoms with Gasteiger partial charge >= 0.3 is 0 Å². The fraction of sp³-hybridized carbons (Fsp3) is 0.211. The Kier molecular flexibility index (Phi) is 5.53. The van der Waals surface area contributed by atoms with Gasteiger partial charge in [0.05, 0.1) is 11.4 Å². The first-order valence-corrected chi connectivity index (χ1v) is 10.2. The minimum absolute atomic E-state index is 0.0479. The number of hydrogen-bond donors (Lipinski definition) is 1. The van der Waals surface area contributed by atoms with Crippen LogP contribution in [-0.4, -0.2) is 18.2 Å². The van der Waals surface area contributed by atoms with Crippen LogP contribution >= 0.6 is 11.6 Å². The second-order valence-electron chi connectivity index (χ2n) is 6.48. The SMILES string of the molecule is CC(C)c1ccc(S(=O)(=O)Nc2nn(Cc3ccc(F)cc3)cc2Cl)cc1. The third-order valence-corrected chi connectivity index (χ3v) is 5.69. The van der Waals surface area contributed by atoms with Crippen LogP contribution in [0.4, 0.5) is 10.2 Å². The Morgan fingerprint density at radius 3 is 2.33 bits per heavy atom. The van der Waals surface area contributed by atoms with Crippen LogP contribution in [0.25, 0.3) is 0 Å². The van der Waals surface area contributed by atoms with Crippen molar-refractivity contribution in [2.75, 3.05) is 4.72 Å². The van der Waals surface area contributed by atoms with Gasteiger partial charge < -0.3 is 0 Å². The van der Waals surface area contributed by atoms with Crippen molar-refractivity contribution >= 4 is 27.4 Å². The molecule has 0 radical (unpaired) electrons. The minimum atomic E-state index is -3.80. The molecule has 0 saturated heterocycles. The van der Waals surface area contributed by atoms with E-state index in [2.05, 4.69) is 9.82 Å². The van der Waals surface area contributed by atoms with Gasteiger partial charge in [-0.2, -0.15) is 5.10 Å². The van der Waals surface area contributed by atoms with E-state index in [4.69, 9.17) is 11.6 Å². The molecule has 0 bridgehead atoms. The summed E-state index contributed by atoms with van der Waals surface area (Å²) >= 11 is 6.13. The quantitative estimate of drug-likeness (QED) is 0.647. The van der Waals surface area contributed by atoms with Gasteiger partial charge in [-0.3, -0.25) is 9.40 Å². The third kappa shape index (κ3) is 4.67. The highest BCUT2D eigenvalue weighted by atomic mass is 35.5. The number of hydrogen-bond acceptors (Lipinski definition) is 3. The summed E-state index contributed by atoms with van der Waals surface area (Å²) in [6.45, 7) is 4.41. The normalized spacial score (nSPS) is 11.7. The highest BCUT2D eigenvalue weighted by Gasteiger charge is 2.18. The maximum absolute atomic E-state index is 13.0. The van der Waals surface area contributed by atoms with Gasteiger partial charge in [-0.05, 0) is 41.3 Å². The molecule has 0 aliphatic rings. The molecule has 1 N–H and O–H groups in total. The molecule has 5 nitrogen and oxygen atoms in total. The molecule has 3 rings (SSSR count). The fourth-order valence-electron chi connectivity index (χ4n) is 2.54. The molecule has 0 amide bonds. The van der Waals surface area contributed by atoms with E-state index >= 15 is 0 Å². The molecule has 2 aromatic carbocycles. The zero-order chi connectivity index (χ0) is 19.6. The van der Waals surface area contributed by atoms with Crippen LogP contribution in [-0.2, 0) is 16.6 Å². The predicted molar refractivity (Wildman–Crippen MR) is 104 cm³/mol. The Morgan fingerprint density at radius 1 is 1.11 bits per heavy atom. The average Bonchev–Trinajstić information content (AvgIpc) is 2.95. The molecule has 1 aromatic heterocycles. The first-order valence-electron chi connectivity index (χ1n) is 8.35. The second kappa shape index (κ2) is 7.70. The van der Waals surface area contributed by atoms with E-state index in [9.17, 15) is 12.8 Å². The summed E-state index contributed by atoms with van der Waals surface area (Å²) in [5.41, 5.74) is 1.87. The summed E-state index contributed by atoms with van der Waals surface area (Å²) in [5, 5.41) is 4.36. The number of anilines is 1. The fourth-order valence-corrected chi connectivity index (χ4v) is 3.81. The number of aromatic nitrogens is 2. The van der Waals surface area contributed by atoms with Crippen molar-refractivity contribution in [3.8, 4) is 0 Å². The zero-order valence-electron chi connectivity index (χ0n) is 14.9. The molecule has 0 spiro atoms. The number of benzene rings is 2. The van der Waals surface area contributed by atoms with Crippen molar-refractivity contribution in [2.24, 2.45) is 0 Å². The van der Waals surface area contributed by atoms with Gasteiger partial charge in [0.2, 0.25) is 0 Å². The lowest BCUT2D eigenvalue weighted by Crippen LogP contribution is -2.14. The molecule has 0 unspecified atom stereocenters. The number of sulfonamides is 1. The van der Waals surface area contributed by atoms with Gasteiger partial charge in [-0.15, -0.1) is 0 Å². The highest BCUT2D eigenvalue weighted by molar-refractivity contribution is 7.92. The maximum Gasteiger partial charge on any atom is 0.263 e. The topological polar surface area (TPSA) is 64.0 Å². The van der Waals surface area contributed by atoms with Crippen LogP contribution in [0, 0.1) is 5.82 Å². The summed E-state index contributed by atoms with van der Waals surface area (Å²) < 4.78 is 42.1. The molecule has 0 saturated carbocycles. The summed E-state index contributed by atoms with van der Waals surface area (Å²) in [5.74, 6) is 0.0345. The van der Waals surface area contributed by atoms with Gasteiger partial charge in [0.15, 0.2) is 5.82 Å². The molecule has 1 heterocycles. The van der Waals surface area contributed by atoms with Crippen LogP contribution in [0.15, 0.2) is 59.6 Å². The average molecular weight is 408 g/mol. The molecule has 0 aliphatic carbocycles. The number of nitrogens with one attached hydrogen (secondary N) is 1. The summed E-state index contributed by atoms with van der Waals surface area (Å²) in [6.07, 6.45) is 1.52. The van der Waals surface area contributed by atoms with Crippen molar-refractivity contribution in [3.63, 3.8) is 0 Å². The van der Waals surface area contributed by atoms with Gasteiger partial charge in [0, 0.05) is 6.20 Å². The molecule has 0 fully saturated rings. The molecular formula is C19H19ClFN3O2S. The van der Waals surface area contributed by atoms with Gasteiger partial charge in [0.25, 0.3) is 10.0 Å². The molecule has 8 heteroatoms. The Morgan fingerprint density at radius 2 is 1.74 bits per heavy atom. The van der Waals surface area contributed by atoms with Crippen molar-refractivity contribution in [1.29, 1.82) is 0 Å². The van der Waals surface area contributed by atoms with E-state index in [0.717, 1.165) is 11.1 Å². The third-order valence-electron chi connectivity index (χ3n) is 4.06. The molecular weight excluding hydrogens is 389 g/mol. The van der Waals surface area contributed by atoms with E-state index < -0.39 is 10.0 Å². The standard InChI is InChI=1S/C19H19ClFN3O2S/c1-13(2)15-5-9-17(10-6-15)27(25,26)23-19-18(20)12-24(22-19)11-14-3-7-16(21)8-4-14/h3-10,12-13H,11H2,1-2H3,(H,22,23). The van der Waals surface area contributed by atoms with E-state index in [1.807, 2.05) is 13.8 Å². The minimum Gasteiger partial charge on any atom is -0.265 e. The molecule has 27 heavy (non-hydrogen) atoms. The molecule has 0 aliphatic heterocycles. The molecule has 142 valence electrons. The summed E-state index contributed by atoms with van der Waals surface area (Å²) in [4.78, 5) is 0.135. The lowest BCUT2D eigenvalue weighted by atomic mass is 10.0. The lowest BCUT2D eigenvalue weighted by Gasteiger charge is -2.09. The predicted octanol–water partition coefficient (Wildman–Crippen LogP) is 4.65. The number of nitrogens with zero attached hydrogens (tertiary/aromatic N) is 2. The van der Waals surface area contributed by atoms with E-state index in [0.29, 0.717) is 12.5 Å². The van der Waals surface area contributed by atoms with E-state index in [-0.39, 0.29) is 21.6 Å². The summed E-state index contributed by atoms with van der Waals surface area (Å²) in [7, 11) is -3.80. The van der Waals surface area contributed by atoms with Crippen molar-refractivity contribution in [2.45, 2.75) is 31.2 Å². The Bertz CT molecular complexity index is 1030. The van der Waals surface area contributed by atoms with Crippen LogP contribution in [0.5, 0.6) is 0 Å². The summed E-state index contributed by atoms with van der Waals surface area (Å²) in [6, 6.07) is 12.6. The van der Waals surface area contributed by atoms with Crippen molar-refractivity contribution in [1.82, 2.24) is 9.78 Å². The number of halogens is 2. The first kappa shape index (κ1) is 19.4. The van der Waals surface area contributed by atoms with Gasteiger partial charge in [0.1, 0.15) is 10.8 Å². The Hall–Kier alpha value is -2.38. The van der Waals surface area contributed by atoms with Crippen molar-refractivity contribution in [3.05, 3.63) is 76.7 Å².